The first-order chi connectivity index (χ1) is 9.65. The highest BCUT2D eigenvalue weighted by Gasteiger charge is 2.15. The highest BCUT2D eigenvalue weighted by Crippen LogP contribution is 2.27. The van der Waals surface area contributed by atoms with Gasteiger partial charge in [-0.15, -0.1) is 0 Å². The summed E-state index contributed by atoms with van der Waals surface area (Å²) in [7, 11) is 0. The number of aromatic nitrogens is 2. The minimum absolute atomic E-state index is 0.433. The molecule has 0 spiro atoms. The van der Waals surface area contributed by atoms with Crippen LogP contribution in [-0.2, 0) is 0 Å². The second kappa shape index (κ2) is 5.37. The van der Waals surface area contributed by atoms with Gasteiger partial charge in [0, 0.05) is 17.8 Å². The van der Waals surface area contributed by atoms with Gasteiger partial charge in [0.05, 0.1) is 27.3 Å². The van der Waals surface area contributed by atoms with E-state index >= 15 is 0 Å². The fourth-order valence-corrected chi connectivity index (χ4v) is 2.57. The Bertz CT molecular complexity index is 774. The zero-order valence-corrected chi connectivity index (χ0v) is 11.9. The fraction of sp³-hybridized carbons (Fsp3) is 0.0667. The summed E-state index contributed by atoms with van der Waals surface area (Å²) >= 11 is 12.0. The Kier molecular flexibility index (Phi) is 3.57. The number of hydrogen-bond donors (Lipinski definition) is 1. The normalized spacial score (nSPS) is 12.6. The molecule has 0 fully saturated rings. The van der Waals surface area contributed by atoms with E-state index < -0.39 is 6.04 Å². The van der Waals surface area contributed by atoms with Crippen LogP contribution in [0.2, 0.25) is 10.0 Å². The summed E-state index contributed by atoms with van der Waals surface area (Å²) in [6, 6.07) is 11.1. The summed E-state index contributed by atoms with van der Waals surface area (Å²) < 4.78 is 0. The Morgan fingerprint density at radius 1 is 1.00 bits per heavy atom. The van der Waals surface area contributed by atoms with Crippen molar-refractivity contribution in [3.05, 3.63) is 70.1 Å². The van der Waals surface area contributed by atoms with Crippen molar-refractivity contribution in [1.82, 2.24) is 9.97 Å². The molecule has 0 aliphatic rings. The van der Waals surface area contributed by atoms with Gasteiger partial charge in [-0.05, 0) is 23.8 Å². The van der Waals surface area contributed by atoms with Crippen molar-refractivity contribution in [2.45, 2.75) is 6.04 Å². The van der Waals surface area contributed by atoms with E-state index in [0.29, 0.717) is 15.7 Å². The van der Waals surface area contributed by atoms with Gasteiger partial charge < -0.3 is 5.73 Å². The molecule has 1 unspecified atom stereocenters. The standard InChI is InChI=1S/C15H11Cl2N3/c16-11-6-12(17)15(20-8-11)14(18)10-5-9-3-1-2-4-13(9)19-7-10/h1-8,14H,18H2. The van der Waals surface area contributed by atoms with E-state index in [1.54, 1.807) is 12.3 Å². The zero-order chi connectivity index (χ0) is 14.1. The molecule has 0 amide bonds. The molecule has 0 radical (unpaired) electrons. The number of rotatable bonds is 2. The molecule has 0 saturated heterocycles. The third-order valence-electron chi connectivity index (χ3n) is 3.10. The van der Waals surface area contributed by atoms with E-state index in [1.807, 2.05) is 30.3 Å². The van der Waals surface area contributed by atoms with Crippen LogP contribution in [0.25, 0.3) is 10.9 Å². The molecule has 0 bridgehead atoms. The number of halogens is 2. The monoisotopic (exact) mass is 303 g/mol. The first-order valence-corrected chi connectivity index (χ1v) is 6.82. The summed E-state index contributed by atoms with van der Waals surface area (Å²) in [5.74, 6) is 0. The van der Waals surface area contributed by atoms with Gasteiger partial charge in [0.15, 0.2) is 0 Å². The molecule has 3 nitrogen and oxygen atoms in total. The van der Waals surface area contributed by atoms with E-state index in [2.05, 4.69) is 9.97 Å². The van der Waals surface area contributed by atoms with Crippen molar-refractivity contribution in [1.29, 1.82) is 0 Å². The Hall–Kier alpha value is -1.68. The van der Waals surface area contributed by atoms with Gasteiger partial charge in [0.1, 0.15) is 0 Å². The molecule has 5 heteroatoms. The molecular weight excluding hydrogens is 293 g/mol. The zero-order valence-electron chi connectivity index (χ0n) is 10.4. The van der Waals surface area contributed by atoms with Gasteiger partial charge >= 0.3 is 0 Å². The van der Waals surface area contributed by atoms with Crippen LogP contribution in [0.3, 0.4) is 0 Å². The molecule has 2 N–H and O–H groups in total. The minimum atomic E-state index is -0.433. The third-order valence-corrected chi connectivity index (χ3v) is 3.61. The number of nitrogens with zero attached hydrogens (tertiary/aromatic N) is 2. The molecule has 1 aromatic carbocycles. The molecular formula is C15H11Cl2N3. The first-order valence-electron chi connectivity index (χ1n) is 6.06. The molecule has 20 heavy (non-hydrogen) atoms. The Morgan fingerprint density at radius 3 is 2.60 bits per heavy atom. The van der Waals surface area contributed by atoms with Crippen LogP contribution < -0.4 is 5.73 Å². The van der Waals surface area contributed by atoms with Gasteiger partial charge in [-0.3, -0.25) is 9.97 Å². The summed E-state index contributed by atoms with van der Waals surface area (Å²) in [6.45, 7) is 0. The average molecular weight is 304 g/mol. The van der Waals surface area contributed by atoms with E-state index in [9.17, 15) is 0 Å². The Balaban J connectivity index is 2.05. The van der Waals surface area contributed by atoms with Crippen LogP contribution in [0.4, 0.5) is 0 Å². The summed E-state index contributed by atoms with van der Waals surface area (Å²) in [6.07, 6.45) is 3.29. The lowest BCUT2D eigenvalue weighted by molar-refractivity contribution is 0.826. The van der Waals surface area contributed by atoms with Crippen LogP contribution >= 0.6 is 23.2 Å². The number of benzene rings is 1. The number of nitrogens with two attached hydrogens (primary N) is 1. The lowest BCUT2D eigenvalue weighted by atomic mass is 10.0. The predicted octanol–water partition coefficient (Wildman–Crippen LogP) is 3.98. The summed E-state index contributed by atoms with van der Waals surface area (Å²) in [4.78, 5) is 8.62. The van der Waals surface area contributed by atoms with Crippen molar-refractivity contribution < 1.29 is 0 Å². The summed E-state index contributed by atoms with van der Waals surface area (Å²) in [5, 5.41) is 1.98. The average Bonchev–Trinajstić information content (AvgIpc) is 2.46. The van der Waals surface area contributed by atoms with Gasteiger partial charge in [0.2, 0.25) is 0 Å². The molecule has 3 rings (SSSR count). The molecule has 3 aromatic rings. The van der Waals surface area contributed by atoms with Gasteiger partial charge in [-0.2, -0.15) is 0 Å². The fourth-order valence-electron chi connectivity index (χ4n) is 2.07. The van der Waals surface area contributed by atoms with E-state index in [0.717, 1.165) is 16.5 Å². The second-order valence-electron chi connectivity index (χ2n) is 4.46. The van der Waals surface area contributed by atoms with E-state index in [-0.39, 0.29) is 0 Å². The van der Waals surface area contributed by atoms with Crippen LogP contribution in [0.15, 0.2) is 48.8 Å². The van der Waals surface area contributed by atoms with Crippen LogP contribution in [0.1, 0.15) is 17.3 Å². The van der Waals surface area contributed by atoms with Crippen molar-refractivity contribution >= 4 is 34.1 Å². The molecule has 0 aliphatic carbocycles. The molecule has 0 aliphatic heterocycles. The minimum Gasteiger partial charge on any atom is -0.319 e. The Morgan fingerprint density at radius 2 is 1.80 bits per heavy atom. The molecule has 100 valence electrons. The number of fused-ring (bicyclic) bond motifs is 1. The topological polar surface area (TPSA) is 51.8 Å². The van der Waals surface area contributed by atoms with Crippen molar-refractivity contribution in [3.8, 4) is 0 Å². The van der Waals surface area contributed by atoms with Gasteiger partial charge in [0.25, 0.3) is 0 Å². The van der Waals surface area contributed by atoms with Crippen LogP contribution in [0, 0.1) is 0 Å². The summed E-state index contributed by atoms with van der Waals surface area (Å²) in [5.41, 5.74) is 8.61. The number of para-hydroxylation sites is 1. The Labute approximate surface area is 126 Å². The quantitative estimate of drug-likeness (QED) is 0.779. The van der Waals surface area contributed by atoms with E-state index in [1.165, 1.54) is 6.20 Å². The highest BCUT2D eigenvalue weighted by molar-refractivity contribution is 6.34. The second-order valence-corrected chi connectivity index (χ2v) is 5.30. The predicted molar refractivity (Wildman–Crippen MR) is 82.0 cm³/mol. The molecule has 0 saturated carbocycles. The van der Waals surface area contributed by atoms with E-state index in [4.69, 9.17) is 28.9 Å². The van der Waals surface area contributed by atoms with Crippen LogP contribution in [0.5, 0.6) is 0 Å². The van der Waals surface area contributed by atoms with Crippen molar-refractivity contribution in [2.24, 2.45) is 5.73 Å². The highest BCUT2D eigenvalue weighted by atomic mass is 35.5. The molecule has 1 atom stereocenters. The lowest BCUT2D eigenvalue weighted by Crippen LogP contribution is -2.14. The first kappa shape index (κ1) is 13.3. The van der Waals surface area contributed by atoms with Gasteiger partial charge in [-0.25, -0.2) is 0 Å². The third kappa shape index (κ3) is 2.48. The van der Waals surface area contributed by atoms with Crippen LogP contribution in [-0.4, -0.2) is 9.97 Å². The number of hydrogen-bond acceptors (Lipinski definition) is 3. The van der Waals surface area contributed by atoms with Gasteiger partial charge in [-0.1, -0.05) is 41.4 Å². The maximum atomic E-state index is 6.23. The maximum absolute atomic E-state index is 6.23. The molecule has 2 heterocycles. The molecule has 2 aromatic heterocycles. The lowest BCUT2D eigenvalue weighted by Gasteiger charge is -2.13. The smallest absolute Gasteiger partial charge is 0.0803 e. The largest absolute Gasteiger partial charge is 0.319 e. The SMILES string of the molecule is NC(c1cnc2ccccc2c1)c1ncc(Cl)cc1Cl. The van der Waals surface area contributed by atoms with Crippen molar-refractivity contribution in [3.63, 3.8) is 0 Å². The number of pyridine rings is 2. The maximum Gasteiger partial charge on any atom is 0.0803 e. The van der Waals surface area contributed by atoms with Crippen molar-refractivity contribution in [2.75, 3.05) is 0 Å².